The fourth-order valence-electron chi connectivity index (χ4n) is 3.57. The summed E-state index contributed by atoms with van der Waals surface area (Å²) in [4.78, 5) is 12.4. The van der Waals surface area contributed by atoms with E-state index in [1.165, 1.54) is 19.9 Å². The van der Waals surface area contributed by atoms with Crippen LogP contribution in [0.5, 0.6) is 11.5 Å². The number of sulfonamides is 1. The third-order valence-electron chi connectivity index (χ3n) is 5.37. The first-order valence-corrected chi connectivity index (χ1v) is 12.3. The average Bonchev–Trinajstić information content (AvgIpc) is 3.40. The van der Waals surface area contributed by atoms with Crippen molar-refractivity contribution in [3.8, 4) is 22.6 Å². The number of amides is 1. The molecule has 0 unspecified atom stereocenters. The second-order valence-electron chi connectivity index (χ2n) is 7.87. The highest BCUT2D eigenvalue weighted by Gasteiger charge is 2.28. The van der Waals surface area contributed by atoms with Gasteiger partial charge in [0.15, 0.2) is 16.4 Å². The first-order valence-electron chi connectivity index (χ1n) is 10.8. The third kappa shape index (κ3) is 5.41. The Labute approximate surface area is 206 Å². The number of halogens is 1. The van der Waals surface area contributed by atoms with E-state index in [-0.39, 0.29) is 28.7 Å². The Morgan fingerprint density at radius 3 is 2.06 bits per heavy atom. The van der Waals surface area contributed by atoms with Crippen molar-refractivity contribution in [2.24, 2.45) is 0 Å². The van der Waals surface area contributed by atoms with Crippen LogP contribution < -0.4 is 14.2 Å². The molecule has 0 saturated carbocycles. The number of nitrogens with zero attached hydrogens (tertiary/aromatic N) is 1. The Hall–Kier alpha value is -4.12. The van der Waals surface area contributed by atoms with Crippen molar-refractivity contribution in [3.63, 3.8) is 0 Å². The number of carbonyl (C=O) groups excluding carboxylic acids is 1. The lowest BCUT2D eigenvalue weighted by atomic mass is 10.1. The van der Waals surface area contributed by atoms with E-state index in [2.05, 4.69) is 5.16 Å². The topological polar surface area (TPSA) is 121 Å². The van der Waals surface area contributed by atoms with Gasteiger partial charge in [0.2, 0.25) is 6.86 Å². The Bertz CT molecular complexity index is 1450. The first-order chi connectivity index (χ1) is 17.2. The molecule has 4 aromatic rings. The molecule has 9 nitrogen and oxygen atoms in total. The van der Waals surface area contributed by atoms with Gasteiger partial charge in [-0.25, -0.2) is 17.5 Å². The van der Waals surface area contributed by atoms with Crippen molar-refractivity contribution in [3.05, 3.63) is 83.1 Å². The number of hydrogen-bond donors (Lipinski definition) is 1. The molecule has 0 aliphatic carbocycles. The van der Waals surface area contributed by atoms with Gasteiger partial charge < -0.3 is 18.4 Å². The lowest BCUT2D eigenvalue weighted by molar-refractivity contribution is 0.0953. The first kappa shape index (κ1) is 25.0. The van der Waals surface area contributed by atoms with Gasteiger partial charge in [0, 0.05) is 5.56 Å². The van der Waals surface area contributed by atoms with Crippen LogP contribution in [0.3, 0.4) is 0 Å². The van der Waals surface area contributed by atoms with Crippen LogP contribution in [0.25, 0.3) is 11.1 Å². The van der Waals surface area contributed by atoms with E-state index < -0.39 is 22.8 Å². The molecule has 188 valence electrons. The maximum atomic E-state index is 12.6. The van der Waals surface area contributed by atoms with Crippen molar-refractivity contribution >= 4 is 15.9 Å². The van der Waals surface area contributed by atoms with Crippen molar-refractivity contribution in [2.75, 3.05) is 6.86 Å². The summed E-state index contributed by atoms with van der Waals surface area (Å²) in [5.41, 5.74) is 2.60. The van der Waals surface area contributed by atoms with Crippen LogP contribution in [-0.4, -0.2) is 26.3 Å². The molecular formula is C25H23FN2O7S. The molecule has 0 fully saturated rings. The molecule has 0 atom stereocenters. The maximum Gasteiger partial charge on any atom is 0.300 e. The standard InChI is InChI=1S/C25H23FN2O7S/c1-15-24(17(3)35-27-15)36(30,31)28-25(29)23-12-20(16(2)34-23)13-32-21-8-4-18(5-9-21)19-6-10-22(11-7-19)33-14-26/h4-12H,13-14H2,1-3H3,(H,28,29). The number of furan rings is 1. The van der Waals surface area contributed by atoms with Crippen molar-refractivity contribution in [1.82, 2.24) is 9.88 Å². The molecule has 0 saturated heterocycles. The summed E-state index contributed by atoms with van der Waals surface area (Å²) >= 11 is 0. The van der Waals surface area contributed by atoms with Gasteiger partial charge in [-0.3, -0.25) is 4.79 Å². The highest BCUT2D eigenvalue weighted by atomic mass is 32.2. The molecule has 0 radical (unpaired) electrons. The van der Waals surface area contributed by atoms with Crippen LogP contribution in [0.15, 0.2) is 68.4 Å². The summed E-state index contributed by atoms with van der Waals surface area (Å²) in [6.07, 6.45) is 0. The molecule has 11 heteroatoms. The number of benzene rings is 2. The number of nitrogens with one attached hydrogen (secondary N) is 1. The second kappa shape index (κ2) is 10.2. The molecule has 1 N–H and O–H groups in total. The number of carbonyl (C=O) groups is 1. The molecule has 2 heterocycles. The number of aryl methyl sites for hydroxylation is 3. The second-order valence-corrected chi connectivity index (χ2v) is 9.49. The van der Waals surface area contributed by atoms with Crippen molar-refractivity contribution in [1.29, 1.82) is 0 Å². The number of ether oxygens (including phenoxy) is 2. The van der Waals surface area contributed by atoms with Crippen LogP contribution in [0.1, 0.15) is 33.3 Å². The Balaban J connectivity index is 1.40. The quantitative estimate of drug-likeness (QED) is 0.336. The van der Waals surface area contributed by atoms with Gasteiger partial charge in [0.05, 0.1) is 0 Å². The summed E-state index contributed by atoms with van der Waals surface area (Å²) < 4.78 is 60.3. The van der Waals surface area contributed by atoms with Crippen LogP contribution in [0.2, 0.25) is 0 Å². The zero-order valence-electron chi connectivity index (χ0n) is 19.7. The smallest absolute Gasteiger partial charge is 0.300 e. The number of aromatic nitrogens is 1. The number of alkyl halides is 1. The number of hydrogen-bond acceptors (Lipinski definition) is 8. The minimum Gasteiger partial charge on any atom is -0.489 e. The lowest BCUT2D eigenvalue weighted by Crippen LogP contribution is -2.31. The molecule has 0 bridgehead atoms. The van der Waals surface area contributed by atoms with Crippen molar-refractivity contribution in [2.45, 2.75) is 32.3 Å². The van der Waals surface area contributed by atoms with Gasteiger partial charge in [0.1, 0.15) is 29.6 Å². The van der Waals surface area contributed by atoms with E-state index in [1.54, 1.807) is 31.2 Å². The zero-order valence-corrected chi connectivity index (χ0v) is 20.5. The normalized spacial score (nSPS) is 11.3. The predicted molar refractivity (Wildman–Crippen MR) is 127 cm³/mol. The van der Waals surface area contributed by atoms with Gasteiger partial charge in [0.25, 0.3) is 10.0 Å². The summed E-state index contributed by atoms with van der Waals surface area (Å²) in [5.74, 6) is 0.442. The van der Waals surface area contributed by atoms with Crippen molar-refractivity contribution < 1.29 is 36.0 Å². The van der Waals surface area contributed by atoms with Gasteiger partial charge in [-0.2, -0.15) is 0 Å². The number of rotatable bonds is 9. The molecule has 36 heavy (non-hydrogen) atoms. The Kier molecular flexibility index (Phi) is 7.11. The molecule has 0 spiro atoms. The minimum absolute atomic E-state index is 0.0753. The molecule has 4 rings (SSSR count). The highest BCUT2D eigenvalue weighted by Crippen LogP contribution is 2.26. The highest BCUT2D eigenvalue weighted by molar-refractivity contribution is 7.90. The predicted octanol–water partition coefficient (Wildman–Crippen LogP) is 4.86. The summed E-state index contributed by atoms with van der Waals surface area (Å²) in [7, 11) is -4.19. The van der Waals surface area contributed by atoms with E-state index >= 15 is 0 Å². The monoisotopic (exact) mass is 514 g/mol. The third-order valence-corrected chi connectivity index (χ3v) is 6.94. The molecule has 2 aromatic carbocycles. The van der Waals surface area contributed by atoms with Gasteiger partial charge in [-0.1, -0.05) is 29.4 Å². The summed E-state index contributed by atoms with van der Waals surface area (Å²) in [6, 6.07) is 15.8. The van der Waals surface area contributed by atoms with Gasteiger partial charge in [-0.15, -0.1) is 0 Å². The molecule has 0 aliphatic heterocycles. The molecule has 0 aliphatic rings. The van der Waals surface area contributed by atoms with Gasteiger partial charge >= 0.3 is 5.91 Å². The molecular weight excluding hydrogens is 491 g/mol. The maximum absolute atomic E-state index is 12.6. The fraction of sp³-hybridized carbons (Fsp3) is 0.200. The zero-order chi connectivity index (χ0) is 25.9. The SMILES string of the molecule is Cc1noc(C)c1S(=O)(=O)NC(=O)c1cc(COc2ccc(-c3ccc(OCF)cc3)cc2)c(C)o1. The minimum atomic E-state index is -4.19. The summed E-state index contributed by atoms with van der Waals surface area (Å²) in [5, 5.41) is 3.60. The van der Waals surface area contributed by atoms with E-state index in [9.17, 15) is 17.6 Å². The molecule has 1 amide bonds. The molecule has 2 aromatic heterocycles. The van der Waals surface area contributed by atoms with Gasteiger partial charge in [-0.05, 0) is 62.2 Å². The van der Waals surface area contributed by atoms with E-state index in [0.29, 0.717) is 22.8 Å². The average molecular weight is 515 g/mol. The van der Waals surface area contributed by atoms with E-state index in [1.807, 2.05) is 29.0 Å². The van der Waals surface area contributed by atoms with Crippen LogP contribution in [-0.2, 0) is 16.6 Å². The Morgan fingerprint density at radius 2 is 1.53 bits per heavy atom. The van der Waals surface area contributed by atoms with E-state index in [4.69, 9.17) is 18.4 Å². The fourth-order valence-corrected chi connectivity index (χ4v) is 4.86. The summed E-state index contributed by atoms with van der Waals surface area (Å²) in [6.45, 7) is 3.78. The van der Waals surface area contributed by atoms with E-state index in [0.717, 1.165) is 11.1 Å². The van der Waals surface area contributed by atoms with Crippen LogP contribution >= 0.6 is 0 Å². The van der Waals surface area contributed by atoms with Crippen LogP contribution in [0.4, 0.5) is 4.39 Å². The largest absolute Gasteiger partial charge is 0.489 e. The lowest BCUT2D eigenvalue weighted by Gasteiger charge is -2.08. The Morgan fingerprint density at radius 1 is 0.944 bits per heavy atom. The van der Waals surface area contributed by atoms with Crippen LogP contribution in [0, 0.1) is 20.8 Å².